The molecule has 2 atom stereocenters. The number of fused-ring (bicyclic) bond motifs is 1. The van der Waals surface area contributed by atoms with Crippen molar-refractivity contribution in [2.24, 2.45) is 11.8 Å². The molecule has 0 aromatic heterocycles. The number of nitrogens with one attached hydrogen (secondary N) is 2. The van der Waals surface area contributed by atoms with Crippen molar-refractivity contribution >= 4 is 5.91 Å². The minimum atomic E-state index is 0.201. The molecule has 4 nitrogen and oxygen atoms in total. The molecule has 0 spiro atoms. The molecule has 2 aliphatic rings. The van der Waals surface area contributed by atoms with Crippen LogP contribution in [0.15, 0.2) is 0 Å². The molecule has 2 rings (SSSR count). The molecule has 2 fully saturated rings. The molecular weight excluding hydrogens is 214 g/mol. The number of hydrogen-bond donors (Lipinski definition) is 2. The number of nitrogens with zero attached hydrogens (tertiary/aromatic N) is 1. The lowest BCUT2D eigenvalue weighted by molar-refractivity contribution is -0.122. The Hall–Kier alpha value is -0.610. The lowest BCUT2D eigenvalue weighted by Crippen LogP contribution is -2.41. The Kier molecular flexibility index (Phi) is 4.40. The molecule has 0 radical (unpaired) electrons. The minimum absolute atomic E-state index is 0.201. The summed E-state index contributed by atoms with van der Waals surface area (Å²) in [4.78, 5) is 14.2. The largest absolute Gasteiger partial charge is 0.352 e. The van der Waals surface area contributed by atoms with E-state index in [1.54, 1.807) is 0 Å². The van der Waals surface area contributed by atoms with Gasteiger partial charge in [0.2, 0.25) is 5.91 Å². The molecule has 0 aliphatic carbocycles. The van der Waals surface area contributed by atoms with E-state index in [1.165, 1.54) is 0 Å². The summed E-state index contributed by atoms with van der Waals surface area (Å²) in [6.45, 7) is 9.29. The van der Waals surface area contributed by atoms with Gasteiger partial charge < -0.3 is 10.6 Å². The Balaban J connectivity index is 1.72. The SMILES string of the molecule is CCC(CC)NC(=O)CN1C[C@H]2CNC[C@H]2C1. The van der Waals surface area contributed by atoms with Crippen molar-refractivity contribution in [3.8, 4) is 0 Å². The van der Waals surface area contributed by atoms with Crippen LogP contribution in [0.2, 0.25) is 0 Å². The molecule has 2 heterocycles. The number of likely N-dealkylation sites (tertiary alicyclic amines) is 1. The first-order valence-corrected chi connectivity index (χ1v) is 6.95. The van der Waals surface area contributed by atoms with Crippen molar-refractivity contribution in [1.29, 1.82) is 0 Å². The molecule has 0 aromatic carbocycles. The molecular formula is C13H25N3O. The molecule has 4 heteroatoms. The summed E-state index contributed by atoms with van der Waals surface area (Å²) in [7, 11) is 0. The van der Waals surface area contributed by atoms with Gasteiger partial charge in [-0.15, -0.1) is 0 Å². The number of carbonyl (C=O) groups is 1. The summed E-state index contributed by atoms with van der Waals surface area (Å²) in [5.74, 6) is 1.75. The molecule has 2 aliphatic heterocycles. The van der Waals surface area contributed by atoms with Gasteiger partial charge in [0, 0.05) is 19.1 Å². The van der Waals surface area contributed by atoms with Gasteiger partial charge in [-0.25, -0.2) is 0 Å². The molecule has 0 bridgehead atoms. The molecule has 2 N–H and O–H groups in total. The fourth-order valence-electron chi connectivity index (χ4n) is 3.05. The van der Waals surface area contributed by atoms with Gasteiger partial charge in [-0.3, -0.25) is 9.69 Å². The third-order valence-corrected chi connectivity index (χ3v) is 4.18. The van der Waals surface area contributed by atoms with E-state index in [2.05, 4.69) is 29.4 Å². The van der Waals surface area contributed by atoms with Gasteiger partial charge in [0.15, 0.2) is 0 Å². The molecule has 0 aromatic rings. The van der Waals surface area contributed by atoms with E-state index < -0.39 is 0 Å². The Morgan fingerprint density at radius 1 is 1.29 bits per heavy atom. The Labute approximate surface area is 104 Å². The second-order valence-corrected chi connectivity index (χ2v) is 5.45. The second kappa shape index (κ2) is 5.83. The predicted octanol–water partition coefficient (Wildman–Crippen LogP) is 0.442. The van der Waals surface area contributed by atoms with Crippen molar-refractivity contribution in [3.05, 3.63) is 0 Å². The van der Waals surface area contributed by atoms with E-state index in [9.17, 15) is 4.79 Å². The van der Waals surface area contributed by atoms with Crippen LogP contribution in [0.4, 0.5) is 0 Å². The van der Waals surface area contributed by atoms with Crippen LogP contribution >= 0.6 is 0 Å². The molecule has 17 heavy (non-hydrogen) atoms. The van der Waals surface area contributed by atoms with Crippen LogP contribution < -0.4 is 10.6 Å². The highest BCUT2D eigenvalue weighted by molar-refractivity contribution is 5.78. The maximum atomic E-state index is 11.9. The summed E-state index contributed by atoms with van der Waals surface area (Å²) in [6, 6.07) is 0.353. The minimum Gasteiger partial charge on any atom is -0.352 e. The molecule has 1 amide bonds. The van der Waals surface area contributed by atoms with Crippen LogP contribution in [0.1, 0.15) is 26.7 Å². The fourth-order valence-corrected chi connectivity index (χ4v) is 3.05. The van der Waals surface area contributed by atoms with Gasteiger partial charge in [0.05, 0.1) is 6.54 Å². The molecule has 2 saturated heterocycles. The number of rotatable bonds is 5. The quantitative estimate of drug-likeness (QED) is 0.732. The first-order valence-electron chi connectivity index (χ1n) is 6.95. The smallest absolute Gasteiger partial charge is 0.234 e. The summed E-state index contributed by atoms with van der Waals surface area (Å²) < 4.78 is 0. The van der Waals surface area contributed by atoms with Gasteiger partial charge in [0.1, 0.15) is 0 Å². The number of carbonyl (C=O) groups excluding carboxylic acids is 1. The van der Waals surface area contributed by atoms with Gasteiger partial charge >= 0.3 is 0 Å². The van der Waals surface area contributed by atoms with E-state index >= 15 is 0 Å². The Bertz CT molecular complexity index is 253. The first-order chi connectivity index (χ1) is 8.22. The zero-order valence-corrected chi connectivity index (χ0v) is 11.0. The molecule has 0 saturated carbocycles. The van der Waals surface area contributed by atoms with Gasteiger partial charge in [-0.2, -0.15) is 0 Å². The lowest BCUT2D eigenvalue weighted by atomic mass is 10.0. The Morgan fingerprint density at radius 2 is 1.88 bits per heavy atom. The van der Waals surface area contributed by atoms with Crippen LogP contribution in [0.5, 0.6) is 0 Å². The van der Waals surface area contributed by atoms with E-state index in [0.717, 1.165) is 50.9 Å². The highest BCUT2D eigenvalue weighted by Gasteiger charge is 2.36. The van der Waals surface area contributed by atoms with Crippen molar-refractivity contribution in [1.82, 2.24) is 15.5 Å². The van der Waals surface area contributed by atoms with E-state index in [4.69, 9.17) is 0 Å². The van der Waals surface area contributed by atoms with Crippen molar-refractivity contribution < 1.29 is 4.79 Å². The summed E-state index contributed by atoms with van der Waals surface area (Å²) in [5, 5.41) is 6.53. The lowest BCUT2D eigenvalue weighted by Gasteiger charge is -2.19. The fraction of sp³-hybridized carbons (Fsp3) is 0.923. The Morgan fingerprint density at radius 3 is 2.41 bits per heavy atom. The van der Waals surface area contributed by atoms with E-state index in [-0.39, 0.29) is 5.91 Å². The maximum Gasteiger partial charge on any atom is 0.234 e. The van der Waals surface area contributed by atoms with Crippen LogP contribution in [0, 0.1) is 11.8 Å². The van der Waals surface area contributed by atoms with Gasteiger partial charge in [-0.05, 0) is 37.8 Å². The van der Waals surface area contributed by atoms with Crippen LogP contribution in [0.3, 0.4) is 0 Å². The third-order valence-electron chi connectivity index (χ3n) is 4.18. The summed E-state index contributed by atoms with van der Waals surface area (Å²) in [6.07, 6.45) is 2.05. The monoisotopic (exact) mass is 239 g/mol. The van der Waals surface area contributed by atoms with E-state index in [0.29, 0.717) is 12.6 Å². The summed E-state index contributed by atoms with van der Waals surface area (Å²) in [5.41, 5.74) is 0. The molecule has 0 unspecified atom stereocenters. The van der Waals surface area contributed by atoms with Crippen LogP contribution in [-0.2, 0) is 4.79 Å². The van der Waals surface area contributed by atoms with Crippen molar-refractivity contribution in [2.75, 3.05) is 32.7 Å². The van der Waals surface area contributed by atoms with Gasteiger partial charge in [-0.1, -0.05) is 13.8 Å². The van der Waals surface area contributed by atoms with Crippen LogP contribution in [0.25, 0.3) is 0 Å². The summed E-state index contributed by atoms with van der Waals surface area (Å²) >= 11 is 0. The first kappa shape index (κ1) is 12.8. The number of amides is 1. The number of hydrogen-bond acceptors (Lipinski definition) is 3. The normalized spacial score (nSPS) is 28.6. The average Bonchev–Trinajstić information content (AvgIpc) is 2.86. The van der Waals surface area contributed by atoms with Crippen molar-refractivity contribution in [2.45, 2.75) is 32.7 Å². The van der Waals surface area contributed by atoms with Gasteiger partial charge in [0.25, 0.3) is 0 Å². The zero-order valence-electron chi connectivity index (χ0n) is 11.0. The van der Waals surface area contributed by atoms with Crippen LogP contribution in [-0.4, -0.2) is 49.6 Å². The second-order valence-electron chi connectivity index (χ2n) is 5.45. The maximum absolute atomic E-state index is 11.9. The molecule has 98 valence electrons. The zero-order chi connectivity index (χ0) is 12.3. The van der Waals surface area contributed by atoms with E-state index in [1.807, 2.05) is 0 Å². The highest BCUT2D eigenvalue weighted by atomic mass is 16.2. The van der Waals surface area contributed by atoms with Crippen molar-refractivity contribution in [3.63, 3.8) is 0 Å². The third kappa shape index (κ3) is 3.19. The topological polar surface area (TPSA) is 44.4 Å². The predicted molar refractivity (Wildman–Crippen MR) is 68.8 cm³/mol. The standard InChI is InChI=1S/C13H25N3O/c1-3-12(4-2)15-13(17)9-16-7-10-5-14-6-11(10)8-16/h10-12,14H,3-9H2,1-2H3,(H,15,17)/t10-,11+. The average molecular weight is 239 g/mol. The highest BCUT2D eigenvalue weighted by Crippen LogP contribution is 2.25.